The molecule has 0 aliphatic rings. The van der Waals surface area contributed by atoms with Crippen LogP contribution in [0.25, 0.3) is 0 Å². The summed E-state index contributed by atoms with van der Waals surface area (Å²) in [5.41, 5.74) is 5.13. The van der Waals surface area contributed by atoms with Crippen LogP contribution in [0.3, 0.4) is 0 Å². The monoisotopic (exact) mass is 115 g/mol. The van der Waals surface area contributed by atoms with E-state index in [1.165, 1.54) is 13.2 Å². The zero-order chi connectivity index (χ0) is 6.57. The van der Waals surface area contributed by atoms with Crippen molar-refractivity contribution in [1.29, 1.82) is 0 Å². The summed E-state index contributed by atoms with van der Waals surface area (Å²) in [6.45, 7) is 3.30. The van der Waals surface area contributed by atoms with E-state index in [1.807, 2.05) is 0 Å². The van der Waals surface area contributed by atoms with E-state index >= 15 is 0 Å². The van der Waals surface area contributed by atoms with Crippen LogP contribution in [0.5, 0.6) is 0 Å². The minimum atomic E-state index is -0.681. The van der Waals surface area contributed by atoms with Gasteiger partial charge in [-0.25, -0.2) is 0 Å². The fourth-order valence-electron chi connectivity index (χ4n) is 0.232. The number of methoxy groups -OCH3 is 1. The van der Waals surface area contributed by atoms with Gasteiger partial charge in [0.15, 0.2) is 0 Å². The first-order valence-electron chi connectivity index (χ1n) is 2.18. The molecule has 0 saturated heterocycles. The number of carbonyl (C=O) groups excluding carboxylic acids is 1. The quantitative estimate of drug-likeness (QED) is 0.396. The summed E-state index contributed by atoms with van der Waals surface area (Å²) in [5, 5.41) is 0. The number of hydrogen-bond acceptors (Lipinski definition) is 3. The lowest BCUT2D eigenvalue weighted by molar-refractivity contribution is -0.140. The maximum atomic E-state index is 10.3. The van der Waals surface area contributed by atoms with E-state index in [0.717, 1.165) is 0 Å². The largest absolute Gasteiger partial charge is 0.468 e. The van der Waals surface area contributed by atoms with Crippen molar-refractivity contribution in [1.82, 2.24) is 0 Å². The maximum absolute atomic E-state index is 10.3. The normalized spacial score (nSPS) is 12.2. The van der Waals surface area contributed by atoms with Gasteiger partial charge < -0.3 is 10.5 Å². The van der Waals surface area contributed by atoms with Gasteiger partial charge in [-0.2, -0.15) is 0 Å². The molecule has 0 rings (SSSR count). The van der Waals surface area contributed by atoms with Crippen LogP contribution in [0, 0.1) is 0 Å². The van der Waals surface area contributed by atoms with Crippen molar-refractivity contribution in [3.05, 3.63) is 12.7 Å². The summed E-state index contributed by atoms with van der Waals surface area (Å²) in [7, 11) is 1.28. The van der Waals surface area contributed by atoms with E-state index in [1.54, 1.807) is 0 Å². The summed E-state index contributed by atoms with van der Waals surface area (Å²) >= 11 is 0. The highest BCUT2D eigenvalue weighted by Gasteiger charge is 2.06. The molecule has 46 valence electrons. The van der Waals surface area contributed by atoms with E-state index in [4.69, 9.17) is 5.73 Å². The summed E-state index contributed by atoms with van der Waals surface area (Å²) in [5.74, 6) is -0.458. The van der Waals surface area contributed by atoms with Crippen LogP contribution >= 0.6 is 0 Å². The number of esters is 1. The molecule has 3 heteroatoms. The number of ether oxygens (including phenoxy) is 1. The molecule has 0 aromatic carbocycles. The van der Waals surface area contributed by atoms with Crippen molar-refractivity contribution in [2.45, 2.75) is 6.04 Å². The summed E-state index contributed by atoms with van der Waals surface area (Å²) in [6, 6.07) is -0.681. The topological polar surface area (TPSA) is 52.3 Å². The summed E-state index contributed by atoms with van der Waals surface area (Å²) in [4.78, 5) is 10.3. The lowest BCUT2D eigenvalue weighted by Crippen LogP contribution is -2.28. The van der Waals surface area contributed by atoms with Crippen molar-refractivity contribution in [3.63, 3.8) is 0 Å². The minimum absolute atomic E-state index is 0.458. The molecule has 0 fully saturated rings. The maximum Gasteiger partial charge on any atom is 0.326 e. The van der Waals surface area contributed by atoms with Crippen LogP contribution in [0.4, 0.5) is 0 Å². The number of nitrogens with two attached hydrogens (primary N) is 1. The lowest BCUT2D eigenvalue weighted by Gasteiger charge is -2.00. The van der Waals surface area contributed by atoms with Gasteiger partial charge >= 0.3 is 5.97 Å². The third-order valence-corrected chi connectivity index (χ3v) is 0.727. The van der Waals surface area contributed by atoms with Gasteiger partial charge in [0.25, 0.3) is 0 Å². The predicted molar refractivity (Wildman–Crippen MR) is 30.2 cm³/mol. The molecular weight excluding hydrogens is 106 g/mol. The Morgan fingerprint density at radius 2 is 2.50 bits per heavy atom. The van der Waals surface area contributed by atoms with Gasteiger partial charge in [0.05, 0.1) is 7.11 Å². The van der Waals surface area contributed by atoms with Crippen LogP contribution in [0.15, 0.2) is 12.7 Å². The van der Waals surface area contributed by atoms with Gasteiger partial charge in [0.1, 0.15) is 6.04 Å². The number of hydrogen-bond donors (Lipinski definition) is 1. The van der Waals surface area contributed by atoms with Gasteiger partial charge in [0, 0.05) is 0 Å². The minimum Gasteiger partial charge on any atom is -0.468 e. The van der Waals surface area contributed by atoms with Crippen molar-refractivity contribution < 1.29 is 9.53 Å². The molecule has 0 aromatic rings. The van der Waals surface area contributed by atoms with E-state index in [9.17, 15) is 4.79 Å². The van der Waals surface area contributed by atoms with Crippen molar-refractivity contribution in [2.75, 3.05) is 7.11 Å². The molecule has 0 bridgehead atoms. The Morgan fingerprint density at radius 3 is 2.62 bits per heavy atom. The molecular formula is C5H9NO2. The Hall–Kier alpha value is -0.830. The fourth-order valence-corrected chi connectivity index (χ4v) is 0.232. The third-order valence-electron chi connectivity index (χ3n) is 0.727. The highest BCUT2D eigenvalue weighted by atomic mass is 16.5. The van der Waals surface area contributed by atoms with Gasteiger partial charge in [-0.1, -0.05) is 6.08 Å². The molecule has 0 amide bonds. The van der Waals surface area contributed by atoms with Crippen molar-refractivity contribution >= 4 is 5.97 Å². The SMILES string of the molecule is C=C[C@H](N)C(=O)OC. The first-order chi connectivity index (χ1) is 3.72. The molecule has 2 N–H and O–H groups in total. The third kappa shape index (κ3) is 1.75. The van der Waals surface area contributed by atoms with E-state index in [-0.39, 0.29) is 0 Å². The molecule has 0 heterocycles. The Bertz CT molecular complexity index is 101. The predicted octanol–water partition coefficient (Wildman–Crippen LogP) is -0.327. The smallest absolute Gasteiger partial charge is 0.326 e. The van der Waals surface area contributed by atoms with E-state index < -0.39 is 12.0 Å². The molecule has 0 radical (unpaired) electrons. The molecule has 0 saturated carbocycles. The van der Waals surface area contributed by atoms with Crippen molar-refractivity contribution in [2.24, 2.45) is 5.73 Å². The number of carbonyl (C=O) groups is 1. The van der Waals surface area contributed by atoms with Gasteiger partial charge in [-0.3, -0.25) is 4.79 Å². The van der Waals surface area contributed by atoms with Crippen LogP contribution in [-0.4, -0.2) is 19.1 Å². The second-order valence-corrected chi connectivity index (χ2v) is 1.28. The molecule has 0 unspecified atom stereocenters. The molecule has 0 aliphatic carbocycles. The Kier molecular flexibility index (Phi) is 2.88. The first-order valence-corrected chi connectivity index (χ1v) is 2.18. The zero-order valence-corrected chi connectivity index (χ0v) is 4.76. The molecule has 0 aromatic heterocycles. The second kappa shape index (κ2) is 3.21. The molecule has 1 atom stereocenters. The van der Waals surface area contributed by atoms with Crippen molar-refractivity contribution in [3.8, 4) is 0 Å². The van der Waals surface area contributed by atoms with E-state index in [2.05, 4.69) is 11.3 Å². The lowest BCUT2D eigenvalue weighted by atomic mass is 10.3. The average molecular weight is 115 g/mol. The van der Waals surface area contributed by atoms with Crippen LogP contribution in [0.1, 0.15) is 0 Å². The fraction of sp³-hybridized carbons (Fsp3) is 0.400. The van der Waals surface area contributed by atoms with Gasteiger partial charge in [0.2, 0.25) is 0 Å². The zero-order valence-electron chi connectivity index (χ0n) is 4.76. The second-order valence-electron chi connectivity index (χ2n) is 1.28. The van der Waals surface area contributed by atoms with Gasteiger partial charge in [-0.05, 0) is 0 Å². The van der Waals surface area contributed by atoms with Crippen LogP contribution < -0.4 is 5.73 Å². The highest BCUT2D eigenvalue weighted by molar-refractivity contribution is 5.77. The Morgan fingerprint density at radius 1 is 2.00 bits per heavy atom. The van der Waals surface area contributed by atoms with Crippen LogP contribution in [-0.2, 0) is 9.53 Å². The van der Waals surface area contributed by atoms with Gasteiger partial charge in [-0.15, -0.1) is 6.58 Å². The Balaban J connectivity index is 3.62. The first kappa shape index (κ1) is 7.17. The molecule has 3 nitrogen and oxygen atoms in total. The molecule has 0 aliphatic heterocycles. The van der Waals surface area contributed by atoms with E-state index in [0.29, 0.717) is 0 Å². The molecule has 8 heavy (non-hydrogen) atoms. The highest BCUT2D eigenvalue weighted by Crippen LogP contribution is 1.81. The summed E-state index contributed by atoms with van der Waals surface area (Å²) < 4.78 is 4.27. The standard InChI is InChI=1S/C5H9NO2/c1-3-4(6)5(7)8-2/h3-4H,1,6H2,2H3/t4-/m0/s1. The van der Waals surface area contributed by atoms with Crippen LogP contribution in [0.2, 0.25) is 0 Å². The summed E-state index contributed by atoms with van der Waals surface area (Å²) in [6.07, 6.45) is 1.33. The Labute approximate surface area is 48.1 Å². The molecule has 0 spiro atoms. The number of rotatable bonds is 2. The average Bonchev–Trinajstić information content (AvgIpc) is 1.84.